The zero-order valence-corrected chi connectivity index (χ0v) is 13.2. The molecule has 0 spiro atoms. The van der Waals surface area contributed by atoms with Crippen LogP contribution < -0.4 is 4.74 Å². The van der Waals surface area contributed by atoms with Crippen molar-refractivity contribution in [1.82, 2.24) is 4.98 Å². The lowest BCUT2D eigenvalue weighted by Crippen LogP contribution is -2.12. The van der Waals surface area contributed by atoms with Crippen LogP contribution in [0.1, 0.15) is 37.6 Å². The molecule has 0 aliphatic rings. The molecule has 20 heavy (non-hydrogen) atoms. The summed E-state index contributed by atoms with van der Waals surface area (Å²) in [5.74, 6) is 1.83. The highest BCUT2D eigenvalue weighted by atomic mass is 35.5. The fourth-order valence-electron chi connectivity index (χ4n) is 2.04. The Balaban J connectivity index is 2.39. The van der Waals surface area contributed by atoms with Crippen molar-refractivity contribution in [1.29, 1.82) is 0 Å². The van der Waals surface area contributed by atoms with Gasteiger partial charge >= 0.3 is 0 Å². The average Bonchev–Trinajstić information content (AvgIpc) is 2.37. The van der Waals surface area contributed by atoms with E-state index in [1.165, 1.54) is 11.1 Å². The van der Waals surface area contributed by atoms with Gasteiger partial charge in [-0.05, 0) is 30.0 Å². The summed E-state index contributed by atoms with van der Waals surface area (Å²) in [5.41, 5.74) is 3.17. The van der Waals surface area contributed by atoms with E-state index in [9.17, 15) is 0 Å². The van der Waals surface area contributed by atoms with Crippen LogP contribution in [-0.2, 0) is 11.3 Å². The molecule has 2 nitrogen and oxygen atoms in total. The first-order valence-electron chi connectivity index (χ1n) is 6.71. The van der Waals surface area contributed by atoms with Crippen LogP contribution in [0.25, 0.3) is 0 Å². The molecule has 0 saturated carbocycles. The Labute approximate surface area is 125 Å². The highest BCUT2D eigenvalue weighted by Crippen LogP contribution is 2.34. The number of pyridine rings is 1. The number of aromatic nitrogens is 1. The number of benzene rings is 1. The van der Waals surface area contributed by atoms with Gasteiger partial charge in [-0.2, -0.15) is 0 Å². The number of rotatable bonds is 3. The summed E-state index contributed by atoms with van der Waals surface area (Å²) in [7, 11) is 0. The van der Waals surface area contributed by atoms with Crippen LogP contribution in [0, 0.1) is 6.92 Å². The number of hydrogen-bond donors (Lipinski definition) is 0. The van der Waals surface area contributed by atoms with Gasteiger partial charge in [0.05, 0.1) is 11.6 Å². The number of halogens is 1. The number of aryl methyl sites for hydroxylation is 1. The Hall–Kier alpha value is -1.54. The topological polar surface area (TPSA) is 22.1 Å². The number of hydrogen-bond acceptors (Lipinski definition) is 2. The van der Waals surface area contributed by atoms with Gasteiger partial charge in [0.25, 0.3) is 0 Å². The number of alkyl halides is 1. The second kappa shape index (κ2) is 5.84. The molecule has 0 radical (unpaired) electrons. The molecular formula is C17H20ClNO. The van der Waals surface area contributed by atoms with E-state index < -0.39 is 0 Å². The second-order valence-corrected chi connectivity index (χ2v) is 6.22. The highest BCUT2D eigenvalue weighted by Gasteiger charge is 2.19. The lowest BCUT2D eigenvalue weighted by Gasteiger charge is -2.22. The Morgan fingerprint density at radius 2 is 1.90 bits per heavy atom. The molecule has 0 fully saturated rings. The Kier molecular flexibility index (Phi) is 4.34. The summed E-state index contributed by atoms with van der Waals surface area (Å²) in [5, 5.41) is 0. The van der Waals surface area contributed by atoms with E-state index in [1.54, 1.807) is 0 Å². The molecule has 2 rings (SSSR count). The van der Waals surface area contributed by atoms with Gasteiger partial charge in [-0.25, -0.2) is 4.98 Å². The van der Waals surface area contributed by atoms with Crippen molar-refractivity contribution in [3.63, 3.8) is 0 Å². The van der Waals surface area contributed by atoms with Crippen LogP contribution in [0.4, 0.5) is 0 Å². The normalized spacial score (nSPS) is 11.4. The van der Waals surface area contributed by atoms with Crippen LogP contribution in [0.5, 0.6) is 11.6 Å². The predicted molar refractivity (Wildman–Crippen MR) is 83.7 cm³/mol. The molecule has 1 heterocycles. The van der Waals surface area contributed by atoms with Crippen molar-refractivity contribution in [2.45, 2.75) is 39.0 Å². The van der Waals surface area contributed by atoms with E-state index in [1.807, 2.05) is 18.2 Å². The largest absolute Gasteiger partial charge is 0.439 e. The molecule has 0 unspecified atom stereocenters. The maximum Gasteiger partial charge on any atom is 0.219 e. The summed E-state index contributed by atoms with van der Waals surface area (Å²) >= 11 is 5.81. The van der Waals surface area contributed by atoms with Crippen molar-refractivity contribution in [3.8, 4) is 11.6 Å². The van der Waals surface area contributed by atoms with E-state index in [2.05, 4.69) is 50.9 Å². The van der Waals surface area contributed by atoms with Crippen LogP contribution in [0.15, 0.2) is 36.4 Å². The molecular weight excluding hydrogens is 270 g/mol. The third-order valence-electron chi connectivity index (χ3n) is 3.08. The highest BCUT2D eigenvalue weighted by molar-refractivity contribution is 6.16. The van der Waals surface area contributed by atoms with Crippen LogP contribution in [0.2, 0.25) is 0 Å². The molecule has 1 aromatic heterocycles. The van der Waals surface area contributed by atoms with E-state index in [0.717, 1.165) is 11.4 Å². The Bertz CT molecular complexity index is 602. The van der Waals surface area contributed by atoms with Gasteiger partial charge in [0.2, 0.25) is 5.88 Å². The number of ether oxygens (including phenoxy) is 1. The second-order valence-electron chi connectivity index (χ2n) is 5.95. The van der Waals surface area contributed by atoms with Gasteiger partial charge in [-0.3, -0.25) is 0 Å². The van der Waals surface area contributed by atoms with Crippen molar-refractivity contribution in [2.24, 2.45) is 0 Å². The maximum atomic E-state index is 5.99. The first-order valence-corrected chi connectivity index (χ1v) is 7.24. The van der Waals surface area contributed by atoms with Crippen molar-refractivity contribution < 1.29 is 4.74 Å². The molecule has 2 aromatic rings. The minimum atomic E-state index is 0.0210. The summed E-state index contributed by atoms with van der Waals surface area (Å²) in [6, 6.07) is 11.9. The van der Waals surface area contributed by atoms with E-state index in [0.29, 0.717) is 11.8 Å². The van der Waals surface area contributed by atoms with Gasteiger partial charge in [0.1, 0.15) is 5.75 Å². The Morgan fingerprint density at radius 1 is 1.15 bits per heavy atom. The van der Waals surface area contributed by atoms with Gasteiger partial charge < -0.3 is 4.74 Å². The van der Waals surface area contributed by atoms with Gasteiger partial charge in [-0.15, -0.1) is 11.6 Å². The van der Waals surface area contributed by atoms with Gasteiger partial charge in [0, 0.05) is 11.6 Å². The monoisotopic (exact) mass is 289 g/mol. The lowest BCUT2D eigenvalue weighted by atomic mass is 9.86. The zero-order valence-electron chi connectivity index (χ0n) is 12.4. The molecule has 0 amide bonds. The summed E-state index contributed by atoms with van der Waals surface area (Å²) < 4.78 is 5.99. The van der Waals surface area contributed by atoms with E-state index >= 15 is 0 Å². The fraction of sp³-hybridized carbons (Fsp3) is 0.353. The molecule has 3 heteroatoms. The molecule has 106 valence electrons. The SMILES string of the molecule is Cc1ccc(C(C)(C)C)c(Oc2cccc(CCl)n2)c1. The fourth-order valence-corrected chi connectivity index (χ4v) is 2.18. The minimum Gasteiger partial charge on any atom is -0.439 e. The first kappa shape index (κ1) is 14.9. The predicted octanol–water partition coefficient (Wildman–Crippen LogP) is 5.22. The van der Waals surface area contributed by atoms with Crippen molar-refractivity contribution >= 4 is 11.6 Å². The summed E-state index contributed by atoms with van der Waals surface area (Å²) in [6.07, 6.45) is 0. The third-order valence-corrected chi connectivity index (χ3v) is 3.35. The Morgan fingerprint density at radius 3 is 2.55 bits per heavy atom. The van der Waals surface area contributed by atoms with E-state index in [-0.39, 0.29) is 5.41 Å². The maximum absolute atomic E-state index is 5.99. The number of nitrogens with zero attached hydrogens (tertiary/aromatic N) is 1. The molecule has 0 saturated heterocycles. The standard InChI is InChI=1S/C17H20ClNO/c1-12-8-9-14(17(2,3)4)15(10-12)20-16-7-5-6-13(11-18)19-16/h5-10H,11H2,1-4H3. The van der Waals surface area contributed by atoms with E-state index in [4.69, 9.17) is 16.3 Å². The van der Waals surface area contributed by atoms with Crippen LogP contribution >= 0.6 is 11.6 Å². The van der Waals surface area contributed by atoms with Gasteiger partial charge in [-0.1, -0.05) is 39.0 Å². The van der Waals surface area contributed by atoms with Crippen molar-refractivity contribution in [3.05, 3.63) is 53.2 Å². The molecule has 0 atom stereocenters. The lowest BCUT2D eigenvalue weighted by molar-refractivity contribution is 0.438. The van der Waals surface area contributed by atoms with Crippen LogP contribution in [0.3, 0.4) is 0 Å². The summed E-state index contributed by atoms with van der Waals surface area (Å²) in [6.45, 7) is 8.58. The molecule has 1 aromatic carbocycles. The van der Waals surface area contributed by atoms with Crippen molar-refractivity contribution in [2.75, 3.05) is 0 Å². The van der Waals surface area contributed by atoms with Crippen LogP contribution in [-0.4, -0.2) is 4.98 Å². The first-order chi connectivity index (χ1) is 9.40. The average molecular weight is 290 g/mol. The quantitative estimate of drug-likeness (QED) is 0.723. The minimum absolute atomic E-state index is 0.0210. The third kappa shape index (κ3) is 3.51. The molecule has 0 bridgehead atoms. The zero-order chi connectivity index (χ0) is 14.8. The smallest absolute Gasteiger partial charge is 0.219 e. The molecule has 0 aliphatic heterocycles. The molecule has 0 aliphatic carbocycles. The summed E-state index contributed by atoms with van der Waals surface area (Å²) in [4.78, 5) is 4.39. The van der Waals surface area contributed by atoms with Gasteiger partial charge in [0.15, 0.2) is 0 Å². The molecule has 0 N–H and O–H groups in total.